The predicted molar refractivity (Wildman–Crippen MR) is 110 cm³/mol. The summed E-state index contributed by atoms with van der Waals surface area (Å²) in [4.78, 5) is 50.9. The highest BCUT2D eigenvalue weighted by atomic mass is 16.6. The highest BCUT2D eigenvalue weighted by Gasteiger charge is 2.32. The average molecular weight is 406 g/mol. The summed E-state index contributed by atoms with van der Waals surface area (Å²) in [5, 5.41) is 3.04. The summed E-state index contributed by atoms with van der Waals surface area (Å²) in [5.41, 5.74) is 1.76. The van der Waals surface area contributed by atoms with E-state index in [4.69, 9.17) is 9.15 Å². The van der Waals surface area contributed by atoms with E-state index in [-0.39, 0.29) is 29.2 Å². The molecule has 4 rings (SSSR count). The van der Waals surface area contributed by atoms with Crippen molar-refractivity contribution in [1.29, 1.82) is 0 Å². The molecule has 152 valence electrons. The molecule has 0 bridgehead atoms. The third kappa shape index (κ3) is 3.55. The molecule has 8 heteroatoms. The molecule has 2 heterocycles. The van der Waals surface area contributed by atoms with E-state index in [1.54, 1.807) is 42.5 Å². The van der Waals surface area contributed by atoms with Gasteiger partial charge in [-0.1, -0.05) is 23.8 Å². The van der Waals surface area contributed by atoms with Gasteiger partial charge in [-0.05, 0) is 38.1 Å². The number of ether oxygens (including phenoxy) is 1. The molecule has 1 aliphatic heterocycles. The minimum absolute atomic E-state index is 0.192. The molecule has 0 aliphatic carbocycles. The van der Waals surface area contributed by atoms with Gasteiger partial charge in [0.1, 0.15) is 12.1 Å². The SMILES string of the molecule is Cc1ccc2oc(C(=O)O[C@@H](C)C(=O)N3CC(=O)Nc4ccccc43)cc(=O)c2c1. The van der Waals surface area contributed by atoms with Crippen LogP contribution in [0.3, 0.4) is 0 Å². The van der Waals surface area contributed by atoms with Crippen molar-refractivity contribution < 1.29 is 23.5 Å². The normalized spacial score (nSPS) is 14.1. The van der Waals surface area contributed by atoms with Crippen molar-refractivity contribution in [3.63, 3.8) is 0 Å². The van der Waals surface area contributed by atoms with E-state index in [0.717, 1.165) is 11.6 Å². The standard InChI is InChI=1S/C22H18N2O6/c1-12-7-8-18-14(9-12)17(25)10-19(30-18)22(28)29-13(2)21(27)24-11-20(26)23-15-5-3-4-6-16(15)24/h3-10,13H,11H2,1-2H3,(H,23,26)/t13-/m0/s1. The first kappa shape index (κ1) is 19.4. The van der Waals surface area contributed by atoms with Crippen molar-refractivity contribution in [3.05, 3.63) is 70.1 Å². The van der Waals surface area contributed by atoms with Crippen LogP contribution in [0.4, 0.5) is 11.4 Å². The molecule has 0 unspecified atom stereocenters. The number of para-hydroxylation sites is 2. The molecule has 1 atom stereocenters. The number of hydrogen-bond acceptors (Lipinski definition) is 6. The summed E-state index contributed by atoms with van der Waals surface area (Å²) in [6.07, 6.45) is -1.20. The Bertz CT molecular complexity index is 1250. The lowest BCUT2D eigenvalue weighted by atomic mass is 10.1. The van der Waals surface area contributed by atoms with Gasteiger partial charge < -0.3 is 14.5 Å². The molecule has 8 nitrogen and oxygen atoms in total. The monoisotopic (exact) mass is 406 g/mol. The maximum absolute atomic E-state index is 12.9. The molecule has 2 amide bonds. The number of aryl methyl sites for hydroxylation is 1. The molecule has 0 radical (unpaired) electrons. The van der Waals surface area contributed by atoms with Crippen molar-refractivity contribution in [3.8, 4) is 0 Å². The quantitative estimate of drug-likeness (QED) is 0.671. The topological polar surface area (TPSA) is 106 Å². The molecular formula is C22H18N2O6. The second kappa shape index (κ2) is 7.47. The molecule has 0 fully saturated rings. The smallest absolute Gasteiger partial charge is 0.375 e. The Morgan fingerprint density at radius 2 is 1.90 bits per heavy atom. The van der Waals surface area contributed by atoms with E-state index in [1.165, 1.54) is 11.8 Å². The highest BCUT2D eigenvalue weighted by Crippen LogP contribution is 2.29. The van der Waals surface area contributed by atoms with E-state index in [2.05, 4.69) is 5.32 Å². The number of anilines is 2. The molecule has 1 aromatic heterocycles. The van der Waals surface area contributed by atoms with Crippen LogP contribution in [0, 0.1) is 6.92 Å². The number of nitrogens with zero attached hydrogens (tertiary/aromatic N) is 1. The van der Waals surface area contributed by atoms with E-state index in [0.29, 0.717) is 16.8 Å². The average Bonchev–Trinajstić information content (AvgIpc) is 2.72. The van der Waals surface area contributed by atoms with Crippen molar-refractivity contribution >= 4 is 40.1 Å². The Morgan fingerprint density at radius 3 is 2.70 bits per heavy atom. The zero-order valence-electron chi connectivity index (χ0n) is 16.3. The van der Waals surface area contributed by atoms with Crippen LogP contribution >= 0.6 is 0 Å². The zero-order valence-corrected chi connectivity index (χ0v) is 16.3. The highest BCUT2D eigenvalue weighted by molar-refractivity contribution is 6.11. The van der Waals surface area contributed by atoms with Gasteiger partial charge in [0.15, 0.2) is 11.5 Å². The first-order valence-corrected chi connectivity index (χ1v) is 9.29. The van der Waals surface area contributed by atoms with E-state index in [9.17, 15) is 19.2 Å². The number of hydrogen-bond donors (Lipinski definition) is 1. The summed E-state index contributed by atoms with van der Waals surface area (Å²) >= 11 is 0. The zero-order chi connectivity index (χ0) is 21.4. The molecule has 2 aromatic carbocycles. The third-order valence-corrected chi connectivity index (χ3v) is 4.75. The summed E-state index contributed by atoms with van der Waals surface area (Å²) in [6, 6.07) is 12.9. The van der Waals surface area contributed by atoms with Gasteiger partial charge >= 0.3 is 5.97 Å². The van der Waals surface area contributed by atoms with Crippen LogP contribution in [0.2, 0.25) is 0 Å². The van der Waals surface area contributed by atoms with Crippen LogP contribution in [0.5, 0.6) is 0 Å². The summed E-state index contributed by atoms with van der Waals surface area (Å²) in [6.45, 7) is 3.05. The first-order chi connectivity index (χ1) is 14.3. The fourth-order valence-corrected chi connectivity index (χ4v) is 3.29. The summed E-state index contributed by atoms with van der Waals surface area (Å²) < 4.78 is 10.7. The van der Waals surface area contributed by atoms with Gasteiger partial charge in [0.25, 0.3) is 5.91 Å². The number of amides is 2. The van der Waals surface area contributed by atoms with Crippen molar-refractivity contribution in [1.82, 2.24) is 0 Å². The van der Waals surface area contributed by atoms with Gasteiger partial charge in [-0.2, -0.15) is 0 Å². The van der Waals surface area contributed by atoms with E-state index in [1.807, 2.05) is 6.92 Å². The van der Waals surface area contributed by atoms with Crippen molar-refractivity contribution in [2.45, 2.75) is 20.0 Å². The van der Waals surface area contributed by atoms with Crippen LogP contribution in [-0.2, 0) is 14.3 Å². The van der Waals surface area contributed by atoms with Gasteiger partial charge in [0.2, 0.25) is 11.7 Å². The van der Waals surface area contributed by atoms with Gasteiger partial charge in [0, 0.05) is 6.07 Å². The molecule has 0 saturated heterocycles. The number of fused-ring (bicyclic) bond motifs is 2. The number of carbonyl (C=O) groups is 3. The molecule has 30 heavy (non-hydrogen) atoms. The Hall–Kier alpha value is -3.94. The molecule has 0 spiro atoms. The van der Waals surface area contributed by atoms with Crippen LogP contribution < -0.4 is 15.6 Å². The molecule has 1 N–H and O–H groups in total. The molecule has 0 saturated carbocycles. The second-order valence-corrected chi connectivity index (χ2v) is 7.01. The lowest BCUT2D eigenvalue weighted by Crippen LogP contribution is -2.47. The van der Waals surface area contributed by atoms with Gasteiger partial charge in [0.05, 0.1) is 16.8 Å². The maximum Gasteiger partial charge on any atom is 0.375 e. The summed E-state index contributed by atoms with van der Waals surface area (Å²) in [7, 11) is 0. The van der Waals surface area contributed by atoms with Crippen molar-refractivity contribution in [2.24, 2.45) is 0 Å². The number of nitrogens with one attached hydrogen (secondary N) is 1. The molecular weight excluding hydrogens is 388 g/mol. The van der Waals surface area contributed by atoms with Crippen LogP contribution in [0.15, 0.2) is 57.7 Å². The Balaban J connectivity index is 1.56. The number of benzene rings is 2. The second-order valence-electron chi connectivity index (χ2n) is 7.01. The largest absolute Gasteiger partial charge is 0.449 e. The maximum atomic E-state index is 12.9. The molecule has 3 aromatic rings. The third-order valence-electron chi connectivity index (χ3n) is 4.75. The molecule has 1 aliphatic rings. The predicted octanol–water partition coefficient (Wildman–Crippen LogP) is 2.63. The fraction of sp³-hybridized carbons (Fsp3) is 0.182. The van der Waals surface area contributed by atoms with Crippen LogP contribution in [0.1, 0.15) is 23.0 Å². The van der Waals surface area contributed by atoms with E-state index < -0.39 is 18.0 Å². The summed E-state index contributed by atoms with van der Waals surface area (Å²) in [5.74, 6) is -2.15. The van der Waals surface area contributed by atoms with Crippen LogP contribution in [-0.4, -0.2) is 30.4 Å². The lowest BCUT2D eigenvalue weighted by Gasteiger charge is -2.30. The Labute approximate surface area is 171 Å². The lowest BCUT2D eigenvalue weighted by molar-refractivity contribution is -0.128. The van der Waals surface area contributed by atoms with Gasteiger partial charge in [-0.15, -0.1) is 0 Å². The van der Waals surface area contributed by atoms with Crippen molar-refractivity contribution in [2.75, 3.05) is 16.8 Å². The number of rotatable bonds is 3. The van der Waals surface area contributed by atoms with Gasteiger partial charge in [-0.25, -0.2) is 4.79 Å². The Morgan fingerprint density at radius 1 is 1.13 bits per heavy atom. The van der Waals surface area contributed by atoms with Gasteiger partial charge in [-0.3, -0.25) is 19.3 Å². The fourth-order valence-electron chi connectivity index (χ4n) is 3.29. The minimum Gasteiger partial charge on any atom is -0.449 e. The van der Waals surface area contributed by atoms with Crippen LogP contribution in [0.25, 0.3) is 11.0 Å². The number of esters is 1. The number of carbonyl (C=O) groups excluding carboxylic acids is 3. The first-order valence-electron chi connectivity index (χ1n) is 9.29. The van der Waals surface area contributed by atoms with E-state index >= 15 is 0 Å². The minimum atomic E-state index is -1.20. The Kier molecular flexibility index (Phi) is 4.83.